The molecule has 4 heteroatoms. The number of rotatable bonds is 3. The van der Waals surface area contributed by atoms with Crippen molar-refractivity contribution in [1.29, 1.82) is 0 Å². The van der Waals surface area contributed by atoms with Gasteiger partial charge in [-0.3, -0.25) is 4.99 Å². The number of amidine groups is 1. The van der Waals surface area contributed by atoms with Crippen molar-refractivity contribution < 1.29 is 9.90 Å². The van der Waals surface area contributed by atoms with Gasteiger partial charge in [-0.1, -0.05) is 12.1 Å². The van der Waals surface area contributed by atoms with Gasteiger partial charge in [-0.15, -0.1) is 0 Å². The van der Waals surface area contributed by atoms with Gasteiger partial charge in [-0.25, -0.2) is 4.79 Å². The molecule has 0 saturated carbocycles. The number of carbonyl (C=O) groups is 1. The normalized spacial score (nSPS) is 11.4. The lowest BCUT2D eigenvalue weighted by Gasteiger charge is -1.98. The number of aliphatic imine (C=N–C) groups is 1. The first-order valence-electron chi connectivity index (χ1n) is 4.18. The summed E-state index contributed by atoms with van der Waals surface area (Å²) in [4.78, 5) is 14.5. The molecule has 0 atom stereocenters. The van der Waals surface area contributed by atoms with Crippen LogP contribution in [0, 0.1) is 0 Å². The van der Waals surface area contributed by atoms with E-state index in [1.165, 1.54) is 0 Å². The number of aromatic carboxylic acids is 1. The highest BCUT2D eigenvalue weighted by molar-refractivity contribution is 5.87. The smallest absolute Gasteiger partial charge is 0.335 e. The molecule has 0 aliphatic heterocycles. The summed E-state index contributed by atoms with van der Waals surface area (Å²) in [5.74, 6) is -0.401. The average Bonchev–Trinajstić information content (AvgIpc) is 2.15. The van der Waals surface area contributed by atoms with Crippen molar-refractivity contribution in [3.8, 4) is 0 Å². The van der Waals surface area contributed by atoms with Gasteiger partial charge in [0, 0.05) is 0 Å². The molecule has 4 nitrogen and oxygen atoms in total. The number of benzene rings is 1. The Hall–Kier alpha value is -1.84. The van der Waals surface area contributed by atoms with Crippen LogP contribution < -0.4 is 5.73 Å². The molecule has 0 heterocycles. The fourth-order valence-electron chi connectivity index (χ4n) is 0.969. The van der Waals surface area contributed by atoms with E-state index < -0.39 is 5.97 Å². The fourth-order valence-corrected chi connectivity index (χ4v) is 0.969. The van der Waals surface area contributed by atoms with Crippen LogP contribution in [0.4, 0.5) is 0 Å². The van der Waals surface area contributed by atoms with E-state index in [0.29, 0.717) is 12.4 Å². The standard InChI is InChI=1S/C10H12N2O2/c1-7(11)12-6-8-2-4-9(5-3-8)10(13)14/h2-5H,6H2,1H3,(H2,11,12)(H,13,14). The Morgan fingerprint density at radius 3 is 2.43 bits per heavy atom. The van der Waals surface area contributed by atoms with Crippen LogP contribution in [0.3, 0.4) is 0 Å². The molecule has 0 radical (unpaired) electrons. The highest BCUT2D eigenvalue weighted by atomic mass is 16.4. The minimum Gasteiger partial charge on any atom is -0.478 e. The minimum absolute atomic E-state index is 0.280. The third-order valence-corrected chi connectivity index (χ3v) is 1.71. The fraction of sp³-hybridized carbons (Fsp3) is 0.200. The summed E-state index contributed by atoms with van der Waals surface area (Å²) in [5.41, 5.74) is 6.60. The molecule has 1 aromatic rings. The van der Waals surface area contributed by atoms with Crippen molar-refractivity contribution in [2.45, 2.75) is 13.5 Å². The molecular weight excluding hydrogens is 180 g/mol. The quantitative estimate of drug-likeness (QED) is 0.559. The van der Waals surface area contributed by atoms with Gasteiger partial charge in [-0.2, -0.15) is 0 Å². The van der Waals surface area contributed by atoms with Gasteiger partial charge < -0.3 is 10.8 Å². The third-order valence-electron chi connectivity index (χ3n) is 1.71. The lowest BCUT2D eigenvalue weighted by molar-refractivity contribution is 0.0697. The number of carboxylic acids is 1. The van der Waals surface area contributed by atoms with Crippen LogP contribution in [0.25, 0.3) is 0 Å². The van der Waals surface area contributed by atoms with Crippen molar-refractivity contribution in [3.05, 3.63) is 35.4 Å². The second kappa shape index (κ2) is 4.41. The van der Waals surface area contributed by atoms with E-state index in [-0.39, 0.29) is 5.56 Å². The molecular formula is C10H12N2O2. The molecule has 0 bridgehead atoms. The van der Waals surface area contributed by atoms with Crippen LogP contribution in [-0.2, 0) is 6.54 Å². The first-order valence-corrected chi connectivity index (χ1v) is 4.18. The van der Waals surface area contributed by atoms with Crippen molar-refractivity contribution in [1.82, 2.24) is 0 Å². The van der Waals surface area contributed by atoms with Gasteiger partial charge in [0.25, 0.3) is 0 Å². The Balaban J connectivity index is 2.74. The van der Waals surface area contributed by atoms with E-state index in [2.05, 4.69) is 4.99 Å². The maximum Gasteiger partial charge on any atom is 0.335 e. The summed E-state index contributed by atoms with van der Waals surface area (Å²) in [5, 5.41) is 8.65. The first kappa shape index (κ1) is 10.2. The van der Waals surface area contributed by atoms with E-state index in [1.54, 1.807) is 31.2 Å². The highest BCUT2D eigenvalue weighted by Gasteiger charge is 2.00. The van der Waals surface area contributed by atoms with Crippen molar-refractivity contribution >= 4 is 11.8 Å². The zero-order valence-electron chi connectivity index (χ0n) is 7.90. The van der Waals surface area contributed by atoms with Crippen LogP contribution in [0.1, 0.15) is 22.8 Å². The van der Waals surface area contributed by atoms with Crippen LogP contribution >= 0.6 is 0 Å². The molecule has 1 rings (SSSR count). The topological polar surface area (TPSA) is 75.7 Å². The third kappa shape index (κ3) is 2.90. The van der Waals surface area contributed by atoms with Crippen LogP contribution in [0.5, 0.6) is 0 Å². The molecule has 0 fully saturated rings. The zero-order chi connectivity index (χ0) is 10.6. The Morgan fingerprint density at radius 2 is 2.00 bits per heavy atom. The second-order valence-electron chi connectivity index (χ2n) is 2.96. The molecule has 0 unspecified atom stereocenters. The van der Waals surface area contributed by atoms with Gasteiger partial charge in [0.15, 0.2) is 0 Å². The van der Waals surface area contributed by atoms with E-state index >= 15 is 0 Å². The summed E-state index contributed by atoms with van der Waals surface area (Å²) in [7, 11) is 0. The predicted molar refractivity (Wildman–Crippen MR) is 54.4 cm³/mol. The van der Waals surface area contributed by atoms with Crippen LogP contribution in [-0.4, -0.2) is 16.9 Å². The Labute approximate surface area is 82.1 Å². The molecule has 0 aliphatic carbocycles. The van der Waals surface area contributed by atoms with E-state index in [1.807, 2.05) is 0 Å². The monoisotopic (exact) mass is 192 g/mol. The van der Waals surface area contributed by atoms with Gasteiger partial charge in [0.2, 0.25) is 0 Å². The molecule has 0 aromatic heterocycles. The largest absolute Gasteiger partial charge is 0.478 e. The second-order valence-corrected chi connectivity index (χ2v) is 2.96. The minimum atomic E-state index is -0.921. The van der Waals surface area contributed by atoms with Crippen molar-refractivity contribution in [2.75, 3.05) is 0 Å². The Kier molecular flexibility index (Phi) is 3.23. The molecule has 0 saturated heterocycles. The lowest BCUT2D eigenvalue weighted by atomic mass is 10.1. The molecule has 0 amide bonds. The number of hydrogen-bond acceptors (Lipinski definition) is 2. The summed E-state index contributed by atoms with van der Waals surface area (Å²) >= 11 is 0. The van der Waals surface area contributed by atoms with Crippen LogP contribution in [0.15, 0.2) is 29.3 Å². The van der Waals surface area contributed by atoms with Gasteiger partial charge in [0.1, 0.15) is 0 Å². The Morgan fingerprint density at radius 1 is 1.43 bits per heavy atom. The van der Waals surface area contributed by atoms with Gasteiger partial charge in [0.05, 0.1) is 17.9 Å². The summed E-state index contributed by atoms with van der Waals surface area (Å²) in [6, 6.07) is 6.57. The van der Waals surface area contributed by atoms with Crippen molar-refractivity contribution in [3.63, 3.8) is 0 Å². The van der Waals surface area contributed by atoms with E-state index in [9.17, 15) is 4.79 Å². The number of nitrogens with zero attached hydrogens (tertiary/aromatic N) is 1. The maximum absolute atomic E-state index is 10.5. The number of carboxylic acid groups (broad SMARTS) is 1. The highest BCUT2D eigenvalue weighted by Crippen LogP contribution is 2.05. The summed E-state index contributed by atoms with van der Waals surface area (Å²) in [6.45, 7) is 2.20. The first-order chi connectivity index (χ1) is 6.59. The maximum atomic E-state index is 10.5. The number of hydrogen-bond donors (Lipinski definition) is 2. The average molecular weight is 192 g/mol. The van der Waals surface area contributed by atoms with E-state index in [4.69, 9.17) is 10.8 Å². The predicted octanol–water partition coefficient (Wildman–Crippen LogP) is 1.26. The Bertz CT molecular complexity index is 351. The van der Waals surface area contributed by atoms with Crippen LogP contribution in [0.2, 0.25) is 0 Å². The van der Waals surface area contributed by atoms with Gasteiger partial charge >= 0.3 is 5.97 Å². The SMILES string of the molecule is CC(N)=NCc1ccc(C(=O)O)cc1. The molecule has 0 aliphatic rings. The molecule has 14 heavy (non-hydrogen) atoms. The molecule has 0 spiro atoms. The molecule has 1 aromatic carbocycles. The van der Waals surface area contributed by atoms with E-state index in [0.717, 1.165) is 5.56 Å². The lowest BCUT2D eigenvalue weighted by Crippen LogP contribution is -2.05. The van der Waals surface area contributed by atoms with Crippen molar-refractivity contribution in [2.24, 2.45) is 10.7 Å². The summed E-state index contributed by atoms with van der Waals surface area (Å²) in [6.07, 6.45) is 0. The molecule has 74 valence electrons. The molecule has 3 N–H and O–H groups in total. The van der Waals surface area contributed by atoms with Gasteiger partial charge in [-0.05, 0) is 24.6 Å². The summed E-state index contributed by atoms with van der Waals surface area (Å²) < 4.78 is 0. The zero-order valence-corrected chi connectivity index (χ0v) is 7.90. The number of nitrogens with two attached hydrogens (primary N) is 1.